The Labute approximate surface area is 182 Å². The monoisotopic (exact) mass is 425 g/mol. The molecule has 0 saturated heterocycles. The van der Waals surface area contributed by atoms with E-state index in [0.29, 0.717) is 38.4 Å². The molecule has 3 rings (SSSR count). The third-order valence-corrected chi connectivity index (χ3v) is 4.97. The molecule has 7 heteroatoms. The first-order chi connectivity index (χ1) is 15.1. The minimum Gasteiger partial charge on any atom is -0.435 e. The number of carbonyl (C=O) groups is 1. The smallest absolute Gasteiger partial charge is 0.228 e. The summed E-state index contributed by atoms with van der Waals surface area (Å²) in [5.74, 6) is 0.0461. The van der Waals surface area contributed by atoms with Gasteiger partial charge in [-0.3, -0.25) is 4.79 Å². The average Bonchev–Trinajstić information content (AvgIpc) is 3.15. The molecule has 1 amide bonds. The highest BCUT2D eigenvalue weighted by Gasteiger charge is 2.24. The summed E-state index contributed by atoms with van der Waals surface area (Å²) in [6.45, 7) is 4.99. The number of amides is 1. The molecule has 0 aliphatic carbocycles. The van der Waals surface area contributed by atoms with Crippen LogP contribution in [0.3, 0.4) is 0 Å². The van der Waals surface area contributed by atoms with Crippen LogP contribution in [0.1, 0.15) is 31.5 Å². The SMILES string of the molecule is CCC(=O)N(CCOC)Cc1c(CC)nn(-c2ccccc2)c1Oc1ccccc1F. The van der Waals surface area contributed by atoms with Crippen LogP contribution in [0.4, 0.5) is 4.39 Å². The third-order valence-electron chi connectivity index (χ3n) is 4.97. The lowest BCUT2D eigenvalue weighted by molar-refractivity contribution is -0.132. The zero-order chi connectivity index (χ0) is 22.2. The van der Waals surface area contributed by atoms with Gasteiger partial charge in [-0.2, -0.15) is 5.10 Å². The first kappa shape index (κ1) is 22.5. The number of halogens is 1. The number of methoxy groups -OCH3 is 1. The first-order valence-corrected chi connectivity index (χ1v) is 10.4. The third kappa shape index (κ3) is 5.30. The second-order valence-electron chi connectivity index (χ2n) is 7.03. The van der Waals surface area contributed by atoms with Crippen LogP contribution in [0.5, 0.6) is 11.6 Å². The molecule has 0 fully saturated rings. The van der Waals surface area contributed by atoms with E-state index in [2.05, 4.69) is 0 Å². The lowest BCUT2D eigenvalue weighted by atomic mass is 10.1. The van der Waals surface area contributed by atoms with Gasteiger partial charge < -0.3 is 14.4 Å². The van der Waals surface area contributed by atoms with E-state index in [-0.39, 0.29) is 11.7 Å². The molecule has 31 heavy (non-hydrogen) atoms. The van der Waals surface area contributed by atoms with Crippen molar-refractivity contribution in [3.05, 3.63) is 71.7 Å². The molecule has 0 aliphatic heterocycles. The fourth-order valence-electron chi connectivity index (χ4n) is 3.31. The number of ether oxygens (including phenoxy) is 2. The number of rotatable bonds is 10. The number of para-hydroxylation sites is 2. The van der Waals surface area contributed by atoms with Gasteiger partial charge in [-0.1, -0.05) is 44.2 Å². The van der Waals surface area contributed by atoms with E-state index in [1.165, 1.54) is 6.07 Å². The van der Waals surface area contributed by atoms with Crippen molar-refractivity contribution in [1.29, 1.82) is 0 Å². The predicted molar refractivity (Wildman–Crippen MR) is 117 cm³/mol. The van der Waals surface area contributed by atoms with E-state index in [9.17, 15) is 9.18 Å². The average molecular weight is 426 g/mol. The fraction of sp³-hybridized carbons (Fsp3) is 0.333. The predicted octanol–water partition coefficient (Wildman–Crippen LogP) is 4.75. The Morgan fingerprint density at radius 2 is 1.81 bits per heavy atom. The molecule has 0 unspecified atom stereocenters. The van der Waals surface area contributed by atoms with E-state index in [4.69, 9.17) is 14.6 Å². The van der Waals surface area contributed by atoms with Crippen LogP contribution in [0.25, 0.3) is 5.69 Å². The van der Waals surface area contributed by atoms with E-state index in [1.54, 1.807) is 34.9 Å². The molecule has 2 aromatic carbocycles. The van der Waals surface area contributed by atoms with Crippen LogP contribution in [-0.4, -0.2) is 40.8 Å². The highest BCUT2D eigenvalue weighted by molar-refractivity contribution is 5.76. The van der Waals surface area contributed by atoms with Gasteiger partial charge in [0.15, 0.2) is 11.6 Å². The van der Waals surface area contributed by atoms with Crippen LogP contribution in [-0.2, 0) is 22.5 Å². The Hall–Kier alpha value is -3.19. The van der Waals surface area contributed by atoms with E-state index in [0.717, 1.165) is 16.9 Å². The van der Waals surface area contributed by atoms with Crippen molar-refractivity contribution in [2.24, 2.45) is 0 Å². The minimum atomic E-state index is -0.465. The van der Waals surface area contributed by atoms with Crippen molar-refractivity contribution in [3.63, 3.8) is 0 Å². The summed E-state index contributed by atoms with van der Waals surface area (Å²) in [4.78, 5) is 14.3. The van der Waals surface area contributed by atoms with Crippen molar-refractivity contribution in [2.45, 2.75) is 33.2 Å². The van der Waals surface area contributed by atoms with Crippen LogP contribution < -0.4 is 4.74 Å². The van der Waals surface area contributed by atoms with Crippen molar-refractivity contribution >= 4 is 5.91 Å². The summed E-state index contributed by atoms with van der Waals surface area (Å²) >= 11 is 0. The van der Waals surface area contributed by atoms with Crippen LogP contribution >= 0.6 is 0 Å². The second-order valence-corrected chi connectivity index (χ2v) is 7.03. The van der Waals surface area contributed by atoms with Gasteiger partial charge in [-0.05, 0) is 30.7 Å². The molecule has 6 nitrogen and oxygen atoms in total. The first-order valence-electron chi connectivity index (χ1n) is 10.4. The lowest BCUT2D eigenvalue weighted by Gasteiger charge is -2.22. The number of benzene rings is 2. The van der Waals surface area contributed by atoms with Gasteiger partial charge in [0.1, 0.15) is 0 Å². The molecule has 3 aromatic rings. The van der Waals surface area contributed by atoms with Crippen LogP contribution in [0.15, 0.2) is 54.6 Å². The van der Waals surface area contributed by atoms with Gasteiger partial charge in [0.05, 0.1) is 30.1 Å². The number of carbonyl (C=O) groups excluding carboxylic acids is 1. The van der Waals surface area contributed by atoms with Gasteiger partial charge in [-0.25, -0.2) is 9.07 Å². The van der Waals surface area contributed by atoms with Crippen LogP contribution in [0.2, 0.25) is 0 Å². The number of aromatic nitrogens is 2. The number of nitrogens with zero attached hydrogens (tertiary/aromatic N) is 3. The standard InChI is InChI=1S/C24H28FN3O3/c1-4-21-19(17-27(15-16-30-3)23(29)5-2)24(31-22-14-10-9-13-20(22)25)28(26-21)18-11-7-6-8-12-18/h6-14H,4-5,15-17H2,1-3H3. The molecule has 0 spiro atoms. The highest BCUT2D eigenvalue weighted by Crippen LogP contribution is 2.33. The zero-order valence-electron chi connectivity index (χ0n) is 18.2. The molecule has 0 atom stereocenters. The fourth-order valence-corrected chi connectivity index (χ4v) is 3.31. The number of aryl methyl sites for hydroxylation is 1. The zero-order valence-corrected chi connectivity index (χ0v) is 18.2. The number of hydrogen-bond acceptors (Lipinski definition) is 4. The Morgan fingerprint density at radius 1 is 1.10 bits per heavy atom. The Bertz CT molecular complexity index is 1000. The highest BCUT2D eigenvalue weighted by atomic mass is 19.1. The van der Waals surface area contributed by atoms with Crippen molar-refractivity contribution in [1.82, 2.24) is 14.7 Å². The summed E-state index contributed by atoms with van der Waals surface area (Å²) in [6, 6.07) is 15.8. The van der Waals surface area contributed by atoms with Gasteiger partial charge in [0.25, 0.3) is 0 Å². The molecular weight excluding hydrogens is 397 g/mol. The maximum absolute atomic E-state index is 14.4. The maximum Gasteiger partial charge on any atom is 0.228 e. The van der Waals surface area contributed by atoms with Gasteiger partial charge >= 0.3 is 0 Å². The molecule has 164 valence electrons. The van der Waals surface area contributed by atoms with Gasteiger partial charge in [0.2, 0.25) is 11.8 Å². The molecule has 0 aliphatic rings. The second kappa shape index (κ2) is 10.7. The van der Waals surface area contributed by atoms with Crippen LogP contribution in [0, 0.1) is 5.82 Å². The molecular formula is C24H28FN3O3. The largest absolute Gasteiger partial charge is 0.435 e. The summed E-state index contributed by atoms with van der Waals surface area (Å²) in [5.41, 5.74) is 2.34. The minimum absolute atomic E-state index is 0.00315. The van der Waals surface area contributed by atoms with E-state index in [1.807, 2.05) is 44.2 Å². The topological polar surface area (TPSA) is 56.6 Å². The molecule has 0 N–H and O–H groups in total. The van der Waals surface area contributed by atoms with Gasteiger partial charge in [0, 0.05) is 20.1 Å². The van der Waals surface area contributed by atoms with E-state index >= 15 is 0 Å². The summed E-state index contributed by atoms with van der Waals surface area (Å²) < 4.78 is 27.3. The Kier molecular flexibility index (Phi) is 7.78. The van der Waals surface area contributed by atoms with E-state index < -0.39 is 5.82 Å². The Balaban J connectivity index is 2.10. The quantitative estimate of drug-likeness (QED) is 0.470. The van der Waals surface area contributed by atoms with Crippen molar-refractivity contribution in [2.75, 3.05) is 20.3 Å². The lowest BCUT2D eigenvalue weighted by Crippen LogP contribution is -2.33. The molecule has 0 saturated carbocycles. The summed E-state index contributed by atoms with van der Waals surface area (Å²) in [5, 5.41) is 4.74. The number of hydrogen-bond donors (Lipinski definition) is 0. The summed E-state index contributed by atoms with van der Waals surface area (Å²) in [7, 11) is 1.60. The molecule has 1 heterocycles. The van der Waals surface area contributed by atoms with Gasteiger partial charge in [-0.15, -0.1) is 0 Å². The maximum atomic E-state index is 14.4. The molecule has 1 aromatic heterocycles. The molecule has 0 radical (unpaired) electrons. The van der Waals surface area contributed by atoms with Crippen molar-refractivity contribution < 1.29 is 18.7 Å². The summed E-state index contributed by atoms with van der Waals surface area (Å²) in [6.07, 6.45) is 1.02. The molecule has 0 bridgehead atoms. The van der Waals surface area contributed by atoms with Crippen molar-refractivity contribution in [3.8, 4) is 17.3 Å². The normalized spacial score (nSPS) is 10.8. The Morgan fingerprint density at radius 3 is 2.45 bits per heavy atom.